The lowest BCUT2D eigenvalue weighted by molar-refractivity contribution is 0.196. The van der Waals surface area contributed by atoms with Gasteiger partial charge in [0.05, 0.1) is 18.4 Å². The molecule has 0 aliphatic rings. The number of aliphatic hydroxyl groups is 1. The molecule has 0 saturated carbocycles. The molecule has 2 rings (SSSR count). The van der Waals surface area contributed by atoms with Gasteiger partial charge in [0.25, 0.3) is 0 Å². The fourth-order valence-corrected chi connectivity index (χ4v) is 2.45. The molecule has 1 N–H and O–H groups in total. The van der Waals surface area contributed by atoms with Gasteiger partial charge in [0.15, 0.2) is 5.82 Å². The van der Waals surface area contributed by atoms with E-state index in [9.17, 15) is 5.11 Å². The van der Waals surface area contributed by atoms with Crippen molar-refractivity contribution in [2.75, 3.05) is 0 Å². The van der Waals surface area contributed by atoms with Gasteiger partial charge in [0, 0.05) is 5.25 Å². The van der Waals surface area contributed by atoms with Crippen LogP contribution in [0.15, 0.2) is 30.3 Å². The summed E-state index contributed by atoms with van der Waals surface area (Å²) in [6, 6.07) is 10.1. The molecule has 0 spiro atoms. The van der Waals surface area contributed by atoms with Gasteiger partial charge in [-0.15, -0.1) is 16.9 Å². The second-order valence-electron chi connectivity index (χ2n) is 4.50. The van der Waals surface area contributed by atoms with Crippen molar-refractivity contribution in [1.82, 2.24) is 20.2 Å². The van der Waals surface area contributed by atoms with Gasteiger partial charge in [-0.3, -0.25) is 0 Å². The van der Waals surface area contributed by atoms with Crippen LogP contribution in [0, 0.1) is 0 Å². The Bertz CT molecular complexity index is 500. The molecule has 0 radical (unpaired) electrons. The average Bonchev–Trinajstić information content (AvgIpc) is 2.84. The van der Waals surface area contributed by atoms with Gasteiger partial charge < -0.3 is 5.11 Å². The van der Waals surface area contributed by atoms with E-state index in [1.165, 1.54) is 5.56 Å². The number of rotatable bonds is 6. The van der Waals surface area contributed by atoms with Crippen LogP contribution in [0.1, 0.15) is 25.2 Å². The quantitative estimate of drug-likeness (QED) is 0.871. The standard InChI is InChI=1S/C13H18N4OS/c1-10(18)11(2)19-9-13-14-15-16-17(13)8-12-6-4-3-5-7-12/h3-7,10-11,18H,8-9H2,1-2H3. The Hall–Kier alpha value is -1.40. The number of benzene rings is 1. The minimum absolute atomic E-state index is 0.168. The molecule has 0 saturated heterocycles. The minimum Gasteiger partial charge on any atom is -0.392 e. The fourth-order valence-electron chi connectivity index (χ4n) is 1.55. The molecule has 0 aliphatic carbocycles. The highest BCUT2D eigenvalue weighted by atomic mass is 32.2. The molecule has 0 bridgehead atoms. The molecular weight excluding hydrogens is 260 g/mol. The number of tetrazole rings is 1. The molecule has 0 amide bonds. The Balaban J connectivity index is 1.98. The molecule has 19 heavy (non-hydrogen) atoms. The topological polar surface area (TPSA) is 63.8 Å². The molecule has 2 unspecified atom stereocenters. The number of thioether (sulfide) groups is 1. The largest absolute Gasteiger partial charge is 0.392 e. The average molecular weight is 278 g/mol. The van der Waals surface area contributed by atoms with Gasteiger partial charge in [0.1, 0.15) is 0 Å². The van der Waals surface area contributed by atoms with E-state index >= 15 is 0 Å². The number of hydrogen-bond acceptors (Lipinski definition) is 5. The third-order valence-electron chi connectivity index (χ3n) is 2.94. The van der Waals surface area contributed by atoms with Crippen LogP contribution in [0.5, 0.6) is 0 Å². The van der Waals surface area contributed by atoms with Crippen molar-refractivity contribution in [3.05, 3.63) is 41.7 Å². The molecule has 2 aromatic rings. The van der Waals surface area contributed by atoms with Gasteiger partial charge in [-0.05, 0) is 22.9 Å². The first-order valence-corrected chi connectivity index (χ1v) is 7.30. The second-order valence-corrected chi connectivity index (χ2v) is 5.86. The van der Waals surface area contributed by atoms with E-state index in [1.54, 1.807) is 23.4 Å². The van der Waals surface area contributed by atoms with E-state index in [0.717, 1.165) is 5.82 Å². The summed E-state index contributed by atoms with van der Waals surface area (Å²) in [6.07, 6.45) is -0.330. The molecule has 1 heterocycles. The SMILES string of the molecule is CC(O)C(C)SCc1nnnn1Cc1ccccc1. The van der Waals surface area contributed by atoms with Crippen molar-refractivity contribution in [2.45, 2.75) is 37.5 Å². The Labute approximate surface area is 117 Å². The normalized spacial score (nSPS) is 14.3. The van der Waals surface area contributed by atoms with Crippen LogP contribution >= 0.6 is 11.8 Å². The predicted octanol–water partition coefficient (Wildman–Crippen LogP) is 1.72. The summed E-state index contributed by atoms with van der Waals surface area (Å²) < 4.78 is 1.80. The third-order valence-corrected chi connectivity index (χ3v) is 4.28. The minimum atomic E-state index is -0.330. The lowest BCUT2D eigenvalue weighted by Crippen LogP contribution is -2.16. The van der Waals surface area contributed by atoms with E-state index < -0.39 is 0 Å². The molecule has 6 heteroatoms. The second kappa shape index (κ2) is 6.68. The Morgan fingerprint density at radius 1 is 1.26 bits per heavy atom. The summed E-state index contributed by atoms with van der Waals surface area (Å²) in [5.41, 5.74) is 1.17. The first-order valence-electron chi connectivity index (χ1n) is 6.25. The molecule has 1 aromatic heterocycles. The van der Waals surface area contributed by atoms with Crippen LogP contribution < -0.4 is 0 Å². The zero-order valence-corrected chi connectivity index (χ0v) is 11.9. The lowest BCUT2D eigenvalue weighted by Gasteiger charge is -2.13. The van der Waals surface area contributed by atoms with Crippen molar-refractivity contribution in [2.24, 2.45) is 0 Å². The zero-order chi connectivity index (χ0) is 13.7. The van der Waals surface area contributed by atoms with E-state index in [4.69, 9.17) is 0 Å². The van der Waals surface area contributed by atoms with Crippen molar-refractivity contribution in [1.29, 1.82) is 0 Å². The highest BCUT2D eigenvalue weighted by molar-refractivity contribution is 7.99. The smallest absolute Gasteiger partial charge is 0.161 e. The van der Waals surface area contributed by atoms with E-state index in [0.29, 0.717) is 12.3 Å². The fraction of sp³-hybridized carbons (Fsp3) is 0.462. The van der Waals surface area contributed by atoms with Crippen LogP contribution in [0.4, 0.5) is 0 Å². The summed E-state index contributed by atoms with van der Waals surface area (Å²) in [5.74, 6) is 1.53. The maximum absolute atomic E-state index is 9.47. The van der Waals surface area contributed by atoms with Crippen LogP contribution in [-0.4, -0.2) is 36.7 Å². The van der Waals surface area contributed by atoms with E-state index in [1.807, 2.05) is 25.1 Å². The maximum atomic E-state index is 9.47. The lowest BCUT2D eigenvalue weighted by atomic mass is 10.2. The highest BCUT2D eigenvalue weighted by Crippen LogP contribution is 2.18. The third kappa shape index (κ3) is 4.04. The molecule has 1 aromatic carbocycles. The molecule has 102 valence electrons. The first kappa shape index (κ1) is 14.0. The summed E-state index contributed by atoms with van der Waals surface area (Å²) >= 11 is 1.65. The number of aromatic nitrogens is 4. The van der Waals surface area contributed by atoms with Gasteiger partial charge in [-0.2, -0.15) is 0 Å². The maximum Gasteiger partial charge on any atom is 0.161 e. The van der Waals surface area contributed by atoms with Crippen LogP contribution in [-0.2, 0) is 12.3 Å². The highest BCUT2D eigenvalue weighted by Gasteiger charge is 2.12. The summed E-state index contributed by atoms with van der Waals surface area (Å²) in [5, 5.41) is 21.4. The van der Waals surface area contributed by atoms with Crippen molar-refractivity contribution < 1.29 is 5.11 Å². The Morgan fingerprint density at radius 3 is 2.68 bits per heavy atom. The first-order chi connectivity index (χ1) is 9.16. The van der Waals surface area contributed by atoms with Crippen molar-refractivity contribution in [3.63, 3.8) is 0 Å². The van der Waals surface area contributed by atoms with Gasteiger partial charge in [0.2, 0.25) is 0 Å². The predicted molar refractivity (Wildman–Crippen MR) is 75.8 cm³/mol. The zero-order valence-electron chi connectivity index (χ0n) is 11.1. The number of aliphatic hydroxyl groups excluding tert-OH is 1. The Kier molecular flexibility index (Phi) is 4.93. The van der Waals surface area contributed by atoms with Gasteiger partial charge in [-0.25, -0.2) is 4.68 Å². The van der Waals surface area contributed by atoms with Gasteiger partial charge >= 0.3 is 0 Å². The Morgan fingerprint density at radius 2 is 2.00 bits per heavy atom. The number of hydrogen-bond donors (Lipinski definition) is 1. The molecule has 2 atom stereocenters. The molecule has 5 nitrogen and oxygen atoms in total. The van der Waals surface area contributed by atoms with Crippen LogP contribution in [0.2, 0.25) is 0 Å². The van der Waals surface area contributed by atoms with E-state index in [2.05, 4.69) is 27.7 Å². The van der Waals surface area contributed by atoms with Crippen LogP contribution in [0.25, 0.3) is 0 Å². The van der Waals surface area contributed by atoms with E-state index in [-0.39, 0.29) is 11.4 Å². The molecule has 0 aliphatic heterocycles. The van der Waals surface area contributed by atoms with Crippen molar-refractivity contribution >= 4 is 11.8 Å². The number of nitrogens with zero attached hydrogens (tertiary/aromatic N) is 4. The van der Waals surface area contributed by atoms with Crippen LogP contribution in [0.3, 0.4) is 0 Å². The van der Waals surface area contributed by atoms with Crippen molar-refractivity contribution in [3.8, 4) is 0 Å². The summed E-state index contributed by atoms with van der Waals surface area (Å²) in [4.78, 5) is 0. The summed E-state index contributed by atoms with van der Waals surface area (Å²) in [7, 11) is 0. The molecular formula is C13H18N4OS. The summed E-state index contributed by atoms with van der Waals surface area (Å²) in [6.45, 7) is 4.47. The molecule has 0 fully saturated rings. The van der Waals surface area contributed by atoms with Gasteiger partial charge in [-0.1, -0.05) is 37.3 Å². The monoisotopic (exact) mass is 278 g/mol.